The largest absolute Gasteiger partial charge is 0.466 e. The molecule has 3 rings (SSSR count). The summed E-state index contributed by atoms with van der Waals surface area (Å²) in [4.78, 5) is 11.0. The van der Waals surface area contributed by atoms with Gasteiger partial charge in [-0.05, 0) is 42.8 Å². The lowest BCUT2D eigenvalue weighted by atomic mass is 10.1. The van der Waals surface area contributed by atoms with Crippen LogP contribution >= 0.6 is 15.9 Å². The topological polar surface area (TPSA) is 63.8 Å². The molecule has 0 N–H and O–H groups in total. The van der Waals surface area contributed by atoms with Gasteiger partial charge in [0, 0.05) is 25.2 Å². The fraction of sp³-hybridized carbons (Fsp3) is 0.286. The highest BCUT2D eigenvalue weighted by atomic mass is 79.9. The molecular formula is C21H23BrN4O2. The fourth-order valence-corrected chi connectivity index (χ4v) is 2.86. The van der Waals surface area contributed by atoms with Gasteiger partial charge in [0.2, 0.25) is 5.88 Å². The average molecular weight is 443 g/mol. The molecule has 0 aliphatic heterocycles. The molecule has 0 radical (unpaired) electrons. The van der Waals surface area contributed by atoms with Crippen LogP contribution in [0.2, 0.25) is 0 Å². The number of halogens is 1. The zero-order chi connectivity index (χ0) is 20.1. The van der Waals surface area contributed by atoms with Crippen molar-refractivity contribution in [2.75, 3.05) is 13.6 Å². The highest BCUT2D eigenvalue weighted by Gasteiger charge is 2.18. The summed E-state index contributed by atoms with van der Waals surface area (Å²) in [6.07, 6.45) is 1.45. The second kappa shape index (κ2) is 9.01. The van der Waals surface area contributed by atoms with Crippen molar-refractivity contribution in [3.05, 3.63) is 58.4 Å². The van der Waals surface area contributed by atoms with E-state index in [0.717, 1.165) is 33.7 Å². The lowest BCUT2D eigenvalue weighted by Crippen LogP contribution is -2.14. The minimum atomic E-state index is -0.339. The van der Waals surface area contributed by atoms with Crippen molar-refractivity contribution in [3.8, 4) is 17.1 Å². The molecule has 0 aliphatic carbocycles. The molecule has 0 spiro atoms. The maximum absolute atomic E-state index is 6.01. The number of hydrogen-bond donors (Lipinski definition) is 0. The molecule has 1 unspecified atom stereocenters. The Morgan fingerprint density at radius 1 is 1.29 bits per heavy atom. The zero-order valence-corrected chi connectivity index (χ0v) is 18.0. The number of benzene rings is 1. The predicted molar refractivity (Wildman–Crippen MR) is 114 cm³/mol. The van der Waals surface area contributed by atoms with Gasteiger partial charge in [0.1, 0.15) is 5.69 Å². The van der Waals surface area contributed by atoms with Gasteiger partial charge in [-0.1, -0.05) is 35.5 Å². The first-order chi connectivity index (χ1) is 13.5. The van der Waals surface area contributed by atoms with Crippen molar-refractivity contribution in [1.29, 1.82) is 0 Å². The standard InChI is InChI=1S/C21H23BrN4O2/c1-5-26(4)13-23-18-11-17(22)21(24-14(18)2)27-15(3)20-12-19(25-28-20)16-9-7-6-8-10-16/h6-13,15H,5H2,1-4H3/b23-13+. The minimum Gasteiger partial charge on any atom is -0.466 e. The second-order valence-electron chi connectivity index (χ2n) is 6.44. The van der Waals surface area contributed by atoms with E-state index in [4.69, 9.17) is 9.26 Å². The summed E-state index contributed by atoms with van der Waals surface area (Å²) in [5.74, 6) is 1.13. The summed E-state index contributed by atoms with van der Waals surface area (Å²) >= 11 is 3.53. The number of hydrogen-bond acceptors (Lipinski definition) is 5. The number of aryl methyl sites for hydroxylation is 1. The van der Waals surface area contributed by atoms with Crippen molar-refractivity contribution in [1.82, 2.24) is 15.0 Å². The molecule has 6 nitrogen and oxygen atoms in total. The van der Waals surface area contributed by atoms with Crippen molar-refractivity contribution in [2.45, 2.75) is 26.9 Å². The maximum Gasteiger partial charge on any atom is 0.229 e. The molecule has 0 saturated heterocycles. The monoisotopic (exact) mass is 442 g/mol. The van der Waals surface area contributed by atoms with Gasteiger partial charge < -0.3 is 14.2 Å². The maximum atomic E-state index is 6.01. The Hall–Kier alpha value is -2.67. The molecule has 0 amide bonds. The summed E-state index contributed by atoms with van der Waals surface area (Å²) in [6, 6.07) is 13.7. The van der Waals surface area contributed by atoms with Crippen LogP contribution in [0.1, 0.15) is 31.4 Å². The molecule has 7 heteroatoms. The van der Waals surface area contributed by atoms with Crippen LogP contribution in [-0.4, -0.2) is 35.0 Å². The Kier molecular flexibility index (Phi) is 6.46. The molecule has 1 aromatic carbocycles. The Balaban J connectivity index is 1.75. The van der Waals surface area contributed by atoms with Gasteiger partial charge >= 0.3 is 0 Å². The van der Waals surface area contributed by atoms with Crippen LogP contribution in [0.3, 0.4) is 0 Å². The van der Waals surface area contributed by atoms with Crippen molar-refractivity contribution in [2.24, 2.45) is 4.99 Å². The second-order valence-corrected chi connectivity index (χ2v) is 7.29. The number of aliphatic imine (C=N–C) groups is 1. The first kappa shape index (κ1) is 20.1. The molecule has 0 fully saturated rings. The molecule has 28 heavy (non-hydrogen) atoms. The van der Waals surface area contributed by atoms with E-state index in [0.29, 0.717) is 11.6 Å². The summed E-state index contributed by atoms with van der Waals surface area (Å²) in [6.45, 7) is 6.77. The van der Waals surface area contributed by atoms with Crippen molar-refractivity contribution >= 4 is 28.0 Å². The van der Waals surface area contributed by atoms with Crippen LogP contribution in [0.4, 0.5) is 5.69 Å². The van der Waals surface area contributed by atoms with Crippen LogP contribution in [0, 0.1) is 6.92 Å². The third kappa shape index (κ3) is 4.78. The van der Waals surface area contributed by atoms with Gasteiger partial charge in [-0.15, -0.1) is 0 Å². The summed E-state index contributed by atoms with van der Waals surface area (Å²) < 4.78 is 12.2. The summed E-state index contributed by atoms with van der Waals surface area (Å²) in [7, 11) is 1.97. The van der Waals surface area contributed by atoms with E-state index in [2.05, 4.69) is 38.0 Å². The lowest BCUT2D eigenvalue weighted by molar-refractivity contribution is 0.174. The Morgan fingerprint density at radius 2 is 2.04 bits per heavy atom. The summed E-state index contributed by atoms with van der Waals surface area (Å²) in [5, 5.41) is 4.14. The van der Waals surface area contributed by atoms with E-state index in [9.17, 15) is 0 Å². The molecule has 2 heterocycles. The minimum absolute atomic E-state index is 0.339. The van der Waals surface area contributed by atoms with Gasteiger partial charge in [-0.25, -0.2) is 9.98 Å². The SMILES string of the molecule is CCN(C)/C=N/c1cc(Br)c(OC(C)c2cc(-c3ccccc3)no2)nc1C. The van der Waals surface area contributed by atoms with Gasteiger partial charge in [0.15, 0.2) is 11.9 Å². The van der Waals surface area contributed by atoms with E-state index >= 15 is 0 Å². The van der Waals surface area contributed by atoms with Gasteiger partial charge in [0.05, 0.1) is 22.2 Å². The van der Waals surface area contributed by atoms with Gasteiger partial charge in [0.25, 0.3) is 0 Å². The van der Waals surface area contributed by atoms with Crippen LogP contribution < -0.4 is 4.74 Å². The quantitative estimate of drug-likeness (QED) is 0.354. The van der Waals surface area contributed by atoms with Crippen LogP contribution in [0.15, 0.2) is 56.5 Å². The smallest absolute Gasteiger partial charge is 0.229 e. The van der Waals surface area contributed by atoms with Crippen molar-refractivity contribution in [3.63, 3.8) is 0 Å². The highest BCUT2D eigenvalue weighted by molar-refractivity contribution is 9.10. The highest BCUT2D eigenvalue weighted by Crippen LogP contribution is 2.33. The predicted octanol–water partition coefficient (Wildman–Crippen LogP) is 5.56. The van der Waals surface area contributed by atoms with Crippen LogP contribution in [0.25, 0.3) is 11.3 Å². The molecule has 2 aromatic heterocycles. The van der Waals surface area contributed by atoms with Gasteiger partial charge in [-0.2, -0.15) is 0 Å². The molecule has 0 saturated carbocycles. The molecule has 0 aliphatic rings. The van der Waals surface area contributed by atoms with Crippen molar-refractivity contribution < 1.29 is 9.26 Å². The van der Waals surface area contributed by atoms with Gasteiger partial charge in [-0.3, -0.25) is 0 Å². The van der Waals surface area contributed by atoms with Crippen LogP contribution in [0.5, 0.6) is 5.88 Å². The Labute approximate surface area is 173 Å². The summed E-state index contributed by atoms with van der Waals surface area (Å²) in [5.41, 5.74) is 3.35. The number of rotatable bonds is 7. The fourth-order valence-electron chi connectivity index (χ4n) is 2.46. The molecule has 3 aromatic rings. The first-order valence-electron chi connectivity index (χ1n) is 9.08. The first-order valence-corrected chi connectivity index (χ1v) is 9.87. The van der Waals surface area contributed by atoms with E-state index in [-0.39, 0.29) is 6.10 Å². The van der Waals surface area contributed by atoms with E-state index < -0.39 is 0 Å². The number of aromatic nitrogens is 2. The number of ether oxygens (including phenoxy) is 1. The van der Waals surface area contributed by atoms with Crippen LogP contribution in [-0.2, 0) is 0 Å². The molecule has 1 atom stereocenters. The Morgan fingerprint density at radius 3 is 2.75 bits per heavy atom. The third-order valence-corrected chi connectivity index (χ3v) is 4.86. The number of nitrogens with zero attached hydrogens (tertiary/aromatic N) is 4. The van der Waals surface area contributed by atoms with E-state index in [1.807, 2.05) is 68.3 Å². The average Bonchev–Trinajstić information content (AvgIpc) is 3.20. The zero-order valence-electron chi connectivity index (χ0n) is 16.4. The van der Waals surface area contributed by atoms with E-state index in [1.165, 1.54) is 0 Å². The lowest BCUT2D eigenvalue weighted by Gasteiger charge is -2.14. The molecule has 0 bridgehead atoms. The normalized spacial score (nSPS) is 12.3. The Bertz CT molecular complexity index is 956. The third-order valence-electron chi connectivity index (χ3n) is 4.29. The molecule has 146 valence electrons. The van der Waals surface area contributed by atoms with E-state index in [1.54, 1.807) is 6.34 Å². The number of pyridine rings is 1. The molecular weight excluding hydrogens is 420 g/mol.